The number of aryl methyl sites for hydroxylation is 1. The first kappa shape index (κ1) is 16.0. The predicted molar refractivity (Wildman–Crippen MR) is 81.2 cm³/mol. The van der Waals surface area contributed by atoms with Gasteiger partial charge in [-0.1, -0.05) is 13.0 Å². The van der Waals surface area contributed by atoms with Crippen LogP contribution in [0.15, 0.2) is 23.1 Å². The SMILES string of the molecule is C=CCN(CC)Cc1cc(CNC(C)(C)C)oc1C. The number of rotatable bonds is 7. The van der Waals surface area contributed by atoms with E-state index in [1.807, 2.05) is 13.0 Å². The number of nitrogens with one attached hydrogen (secondary N) is 1. The van der Waals surface area contributed by atoms with E-state index in [1.54, 1.807) is 0 Å². The highest BCUT2D eigenvalue weighted by Crippen LogP contribution is 2.17. The van der Waals surface area contributed by atoms with Gasteiger partial charge in [0.1, 0.15) is 11.5 Å². The summed E-state index contributed by atoms with van der Waals surface area (Å²) in [7, 11) is 0. The summed E-state index contributed by atoms with van der Waals surface area (Å²) in [6, 6.07) is 2.17. The van der Waals surface area contributed by atoms with Crippen LogP contribution in [0.4, 0.5) is 0 Å². The Morgan fingerprint density at radius 1 is 1.42 bits per heavy atom. The van der Waals surface area contributed by atoms with Crippen molar-refractivity contribution in [2.24, 2.45) is 0 Å². The summed E-state index contributed by atoms with van der Waals surface area (Å²) >= 11 is 0. The van der Waals surface area contributed by atoms with E-state index in [-0.39, 0.29) is 5.54 Å². The number of hydrogen-bond acceptors (Lipinski definition) is 3. The van der Waals surface area contributed by atoms with Crippen LogP contribution in [-0.4, -0.2) is 23.5 Å². The lowest BCUT2D eigenvalue weighted by atomic mass is 10.1. The smallest absolute Gasteiger partial charge is 0.118 e. The number of furan rings is 1. The molecule has 0 aliphatic rings. The summed E-state index contributed by atoms with van der Waals surface area (Å²) in [5, 5.41) is 3.45. The zero-order valence-corrected chi connectivity index (χ0v) is 13.0. The molecular formula is C16H28N2O. The van der Waals surface area contributed by atoms with Crippen LogP contribution in [0.3, 0.4) is 0 Å². The van der Waals surface area contributed by atoms with Crippen molar-refractivity contribution in [3.63, 3.8) is 0 Å². The molecule has 0 spiro atoms. The normalized spacial score (nSPS) is 12.1. The van der Waals surface area contributed by atoms with E-state index in [9.17, 15) is 0 Å². The Morgan fingerprint density at radius 3 is 2.63 bits per heavy atom. The largest absolute Gasteiger partial charge is 0.465 e. The van der Waals surface area contributed by atoms with Gasteiger partial charge in [-0.05, 0) is 40.3 Å². The van der Waals surface area contributed by atoms with Gasteiger partial charge in [0.25, 0.3) is 0 Å². The minimum absolute atomic E-state index is 0.110. The molecule has 3 nitrogen and oxygen atoms in total. The third-order valence-corrected chi connectivity index (χ3v) is 3.09. The molecule has 0 fully saturated rings. The van der Waals surface area contributed by atoms with E-state index in [4.69, 9.17) is 4.42 Å². The second-order valence-electron chi connectivity index (χ2n) is 6.01. The molecule has 108 valence electrons. The molecule has 19 heavy (non-hydrogen) atoms. The van der Waals surface area contributed by atoms with Gasteiger partial charge in [0.15, 0.2) is 0 Å². The molecule has 0 bridgehead atoms. The van der Waals surface area contributed by atoms with Crippen molar-refractivity contribution >= 4 is 0 Å². The predicted octanol–water partition coefficient (Wildman–Crippen LogP) is 3.48. The highest BCUT2D eigenvalue weighted by molar-refractivity contribution is 5.21. The van der Waals surface area contributed by atoms with Gasteiger partial charge in [0, 0.05) is 24.2 Å². The van der Waals surface area contributed by atoms with Crippen molar-refractivity contribution in [2.45, 2.75) is 53.2 Å². The van der Waals surface area contributed by atoms with Crippen LogP contribution >= 0.6 is 0 Å². The molecule has 0 aliphatic heterocycles. The molecule has 0 atom stereocenters. The van der Waals surface area contributed by atoms with Crippen LogP contribution in [0, 0.1) is 6.92 Å². The Labute approximate surface area is 117 Å². The van der Waals surface area contributed by atoms with Gasteiger partial charge in [-0.25, -0.2) is 0 Å². The summed E-state index contributed by atoms with van der Waals surface area (Å²) in [4.78, 5) is 2.34. The van der Waals surface area contributed by atoms with Gasteiger partial charge in [-0.3, -0.25) is 4.90 Å². The van der Waals surface area contributed by atoms with Crippen LogP contribution in [0.25, 0.3) is 0 Å². The summed E-state index contributed by atoms with van der Waals surface area (Å²) in [6.45, 7) is 18.1. The van der Waals surface area contributed by atoms with E-state index in [1.165, 1.54) is 5.56 Å². The Bertz CT molecular complexity index is 401. The first-order valence-corrected chi connectivity index (χ1v) is 7.02. The minimum Gasteiger partial charge on any atom is -0.465 e. The van der Waals surface area contributed by atoms with Crippen molar-refractivity contribution in [2.75, 3.05) is 13.1 Å². The topological polar surface area (TPSA) is 28.4 Å². The second kappa shape index (κ2) is 6.92. The second-order valence-corrected chi connectivity index (χ2v) is 6.01. The third-order valence-electron chi connectivity index (χ3n) is 3.09. The Balaban J connectivity index is 2.65. The molecular weight excluding hydrogens is 236 g/mol. The van der Waals surface area contributed by atoms with Crippen molar-refractivity contribution in [3.8, 4) is 0 Å². The lowest BCUT2D eigenvalue weighted by Crippen LogP contribution is -2.34. The average molecular weight is 264 g/mol. The number of likely N-dealkylation sites (N-methyl/N-ethyl adjacent to an activating group) is 1. The summed E-state index contributed by atoms with van der Waals surface area (Å²) in [5.41, 5.74) is 1.38. The minimum atomic E-state index is 0.110. The quantitative estimate of drug-likeness (QED) is 0.764. The molecule has 0 unspecified atom stereocenters. The van der Waals surface area contributed by atoms with Crippen LogP contribution in [0.2, 0.25) is 0 Å². The fraction of sp³-hybridized carbons (Fsp3) is 0.625. The molecule has 3 heteroatoms. The van der Waals surface area contributed by atoms with Gasteiger partial charge >= 0.3 is 0 Å². The summed E-state index contributed by atoms with van der Waals surface area (Å²) in [5.74, 6) is 2.03. The third kappa shape index (κ3) is 5.62. The van der Waals surface area contributed by atoms with E-state index < -0.39 is 0 Å². The average Bonchev–Trinajstić information content (AvgIpc) is 2.66. The highest BCUT2D eigenvalue weighted by atomic mass is 16.3. The maximum absolute atomic E-state index is 5.82. The number of nitrogens with zero attached hydrogens (tertiary/aromatic N) is 1. The summed E-state index contributed by atoms with van der Waals surface area (Å²) < 4.78 is 5.82. The zero-order valence-electron chi connectivity index (χ0n) is 13.0. The van der Waals surface area contributed by atoms with E-state index in [0.29, 0.717) is 0 Å². The lowest BCUT2D eigenvalue weighted by Gasteiger charge is -2.19. The fourth-order valence-corrected chi connectivity index (χ4v) is 1.91. The Kier molecular flexibility index (Phi) is 5.83. The maximum atomic E-state index is 5.82. The van der Waals surface area contributed by atoms with Crippen LogP contribution < -0.4 is 5.32 Å². The summed E-state index contributed by atoms with van der Waals surface area (Å²) in [6.07, 6.45) is 1.95. The molecule has 1 aromatic rings. The molecule has 0 aliphatic carbocycles. The standard InChI is InChI=1S/C16H28N2O/c1-7-9-18(8-2)12-14-10-15(19-13(14)3)11-17-16(4,5)6/h7,10,17H,1,8-9,11-12H2,2-6H3. The van der Waals surface area contributed by atoms with Gasteiger partial charge in [-0.15, -0.1) is 6.58 Å². The Morgan fingerprint density at radius 2 is 2.11 bits per heavy atom. The fourth-order valence-electron chi connectivity index (χ4n) is 1.91. The van der Waals surface area contributed by atoms with Crippen molar-refractivity contribution in [1.29, 1.82) is 0 Å². The number of hydrogen-bond donors (Lipinski definition) is 1. The lowest BCUT2D eigenvalue weighted by molar-refractivity contribution is 0.308. The van der Waals surface area contributed by atoms with Crippen molar-refractivity contribution < 1.29 is 4.42 Å². The molecule has 0 aromatic carbocycles. The molecule has 0 saturated heterocycles. The van der Waals surface area contributed by atoms with Gasteiger partial charge in [0.2, 0.25) is 0 Å². The molecule has 0 saturated carbocycles. The van der Waals surface area contributed by atoms with E-state index >= 15 is 0 Å². The molecule has 0 amide bonds. The van der Waals surface area contributed by atoms with E-state index in [2.05, 4.69) is 50.6 Å². The molecule has 1 rings (SSSR count). The van der Waals surface area contributed by atoms with Crippen LogP contribution in [0.1, 0.15) is 44.8 Å². The van der Waals surface area contributed by atoms with Gasteiger partial charge in [-0.2, -0.15) is 0 Å². The van der Waals surface area contributed by atoms with Gasteiger partial charge in [0.05, 0.1) is 6.54 Å². The monoisotopic (exact) mass is 264 g/mol. The van der Waals surface area contributed by atoms with Crippen LogP contribution in [-0.2, 0) is 13.1 Å². The maximum Gasteiger partial charge on any atom is 0.118 e. The first-order chi connectivity index (χ1) is 8.85. The van der Waals surface area contributed by atoms with Gasteiger partial charge < -0.3 is 9.73 Å². The zero-order chi connectivity index (χ0) is 14.5. The van der Waals surface area contributed by atoms with Crippen molar-refractivity contribution in [1.82, 2.24) is 10.2 Å². The van der Waals surface area contributed by atoms with E-state index in [0.717, 1.165) is 37.7 Å². The first-order valence-electron chi connectivity index (χ1n) is 7.02. The molecule has 1 aromatic heterocycles. The highest BCUT2D eigenvalue weighted by Gasteiger charge is 2.13. The Hall–Kier alpha value is -1.06. The molecule has 0 radical (unpaired) electrons. The molecule has 1 heterocycles. The van der Waals surface area contributed by atoms with Crippen LogP contribution in [0.5, 0.6) is 0 Å². The molecule has 1 N–H and O–H groups in total. The van der Waals surface area contributed by atoms with Crippen molar-refractivity contribution in [3.05, 3.63) is 35.8 Å².